The van der Waals surface area contributed by atoms with E-state index in [1.807, 2.05) is 0 Å². The highest BCUT2D eigenvalue weighted by atomic mass is 127. The number of ether oxygens (including phenoxy) is 1. The lowest BCUT2D eigenvalue weighted by atomic mass is 9.73. The van der Waals surface area contributed by atoms with Crippen LogP contribution in [-0.2, 0) is 4.74 Å². The Morgan fingerprint density at radius 2 is 1.75 bits per heavy atom. The van der Waals surface area contributed by atoms with Crippen molar-refractivity contribution in [3.63, 3.8) is 0 Å². The fraction of sp³-hybridized carbons (Fsp3) is 0.944. The number of morpholine rings is 1. The van der Waals surface area contributed by atoms with E-state index in [2.05, 4.69) is 10.2 Å². The van der Waals surface area contributed by atoms with Gasteiger partial charge in [-0.05, 0) is 25.7 Å². The standard InChI is InChI=1S/C18H34N4O.HI/c19-17(21-16-6-2-3-7-16)20-14-18(8-4-1-5-9-18)15-22-10-12-23-13-11-22;/h16H,1-15H2,(H3,19,20,21);1H. The molecule has 0 bridgehead atoms. The molecule has 0 radical (unpaired) electrons. The summed E-state index contributed by atoms with van der Waals surface area (Å²) in [6, 6.07) is 0.556. The van der Waals surface area contributed by atoms with E-state index in [-0.39, 0.29) is 24.0 Å². The van der Waals surface area contributed by atoms with E-state index in [1.54, 1.807) is 0 Å². The third-order valence-corrected chi connectivity index (χ3v) is 5.87. The number of aliphatic imine (C=N–C) groups is 1. The molecule has 2 saturated carbocycles. The number of nitrogens with one attached hydrogen (secondary N) is 1. The van der Waals surface area contributed by atoms with Crippen molar-refractivity contribution in [3.05, 3.63) is 0 Å². The van der Waals surface area contributed by atoms with Crippen LogP contribution >= 0.6 is 24.0 Å². The Bertz CT molecular complexity index is 386. The lowest BCUT2D eigenvalue weighted by Gasteiger charge is -2.41. The van der Waals surface area contributed by atoms with Gasteiger partial charge in [0.15, 0.2) is 5.96 Å². The molecule has 2 aliphatic carbocycles. The molecule has 0 amide bonds. The molecule has 0 unspecified atom stereocenters. The minimum atomic E-state index is 0. The van der Waals surface area contributed by atoms with E-state index in [9.17, 15) is 0 Å². The number of guanidine groups is 1. The summed E-state index contributed by atoms with van der Waals surface area (Å²) in [6.07, 6.45) is 11.8. The molecular weight excluding hydrogens is 415 g/mol. The van der Waals surface area contributed by atoms with Crippen LogP contribution in [0.2, 0.25) is 0 Å². The first-order valence-electron chi connectivity index (χ1n) is 9.62. The van der Waals surface area contributed by atoms with Gasteiger partial charge in [-0.3, -0.25) is 9.89 Å². The number of rotatable bonds is 5. The molecule has 3 fully saturated rings. The summed E-state index contributed by atoms with van der Waals surface area (Å²) < 4.78 is 5.50. The first-order valence-corrected chi connectivity index (χ1v) is 9.62. The van der Waals surface area contributed by atoms with E-state index < -0.39 is 0 Å². The van der Waals surface area contributed by atoms with Crippen LogP contribution in [0, 0.1) is 5.41 Å². The second-order valence-corrected chi connectivity index (χ2v) is 7.78. The van der Waals surface area contributed by atoms with Gasteiger partial charge in [-0.15, -0.1) is 24.0 Å². The molecule has 1 heterocycles. The average Bonchev–Trinajstić information content (AvgIpc) is 3.08. The molecule has 1 aliphatic heterocycles. The summed E-state index contributed by atoms with van der Waals surface area (Å²) in [5, 5.41) is 3.43. The van der Waals surface area contributed by atoms with Gasteiger partial charge in [-0.2, -0.15) is 0 Å². The predicted octanol–water partition coefficient (Wildman–Crippen LogP) is 2.73. The predicted molar refractivity (Wildman–Crippen MR) is 110 cm³/mol. The highest BCUT2D eigenvalue weighted by molar-refractivity contribution is 14.0. The van der Waals surface area contributed by atoms with Gasteiger partial charge in [0.05, 0.1) is 13.2 Å². The summed E-state index contributed by atoms with van der Waals surface area (Å²) >= 11 is 0. The zero-order chi connectivity index (χ0) is 16.0. The smallest absolute Gasteiger partial charge is 0.188 e. The van der Waals surface area contributed by atoms with Crippen LogP contribution in [0.15, 0.2) is 4.99 Å². The lowest BCUT2D eigenvalue weighted by Crippen LogP contribution is -2.46. The monoisotopic (exact) mass is 450 g/mol. The van der Waals surface area contributed by atoms with Crippen LogP contribution in [0.25, 0.3) is 0 Å². The average molecular weight is 450 g/mol. The van der Waals surface area contributed by atoms with Crippen molar-refractivity contribution in [2.24, 2.45) is 16.1 Å². The maximum Gasteiger partial charge on any atom is 0.188 e. The van der Waals surface area contributed by atoms with Crippen molar-refractivity contribution in [1.82, 2.24) is 10.2 Å². The minimum Gasteiger partial charge on any atom is -0.379 e. The molecule has 3 aliphatic rings. The fourth-order valence-electron chi connectivity index (χ4n) is 4.48. The highest BCUT2D eigenvalue weighted by Crippen LogP contribution is 2.37. The second-order valence-electron chi connectivity index (χ2n) is 7.78. The van der Waals surface area contributed by atoms with Crippen molar-refractivity contribution >= 4 is 29.9 Å². The van der Waals surface area contributed by atoms with Gasteiger partial charge in [0.1, 0.15) is 0 Å². The van der Waals surface area contributed by atoms with Crippen LogP contribution in [0.5, 0.6) is 0 Å². The number of nitrogens with two attached hydrogens (primary N) is 1. The maximum absolute atomic E-state index is 6.17. The Labute approximate surface area is 164 Å². The Kier molecular flexibility index (Phi) is 8.57. The van der Waals surface area contributed by atoms with Crippen molar-refractivity contribution in [2.45, 2.75) is 63.8 Å². The van der Waals surface area contributed by atoms with Gasteiger partial charge in [0, 0.05) is 37.6 Å². The summed E-state index contributed by atoms with van der Waals surface area (Å²) in [7, 11) is 0. The topological polar surface area (TPSA) is 62.9 Å². The Morgan fingerprint density at radius 1 is 1.08 bits per heavy atom. The van der Waals surface area contributed by atoms with Crippen molar-refractivity contribution in [2.75, 3.05) is 39.4 Å². The van der Waals surface area contributed by atoms with Crippen LogP contribution in [0.3, 0.4) is 0 Å². The first-order chi connectivity index (χ1) is 11.3. The Morgan fingerprint density at radius 3 is 2.42 bits per heavy atom. The molecule has 0 atom stereocenters. The molecule has 1 saturated heterocycles. The van der Waals surface area contributed by atoms with Gasteiger partial charge in [0.25, 0.3) is 0 Å². The van der Waals surface area contributed by atoms with Gasteiger partial charge in [-0.1, -0.05) is 32.1 Å². The zero-order valence-electron chi connectivity index (χ0n) is 15.0. The van der Waals surface area contributed by atoms with E-state index in [0.29, 0.717) is 17.4 Å². The van der Waals surface area contributed by atoms with Crippen molar-refractivity contribution < 1.29 is 4.74 Å². The van der Waals surface area contributed by atoms with E-state index >= 15 is 0 Å². The third-order valence-electron chi connectivity index (χ3n) is 5.87. The second kappa shape index (κ2) is 10.2. The van der Waals surface area contributed by atoms with Crippen LogP contribution < -0.4 is 11.1 Å². The maximum atomic E-state index is 6.17. The van der Waals surface area contributed by atoms with Crippen LogP contribution in [0.4, 0.5) is 0 Å². The summed E-state index contributed by atoms with van der Waals surface area (Å²) in [6.45, 7) is 5.95. The number of nitrogens with zero attached hydrogens (tertiary/aromatic N) is 2. The van der Waals surface area contributed by atoms with Gasteiger partial charge in [0.2, 0.25) is 0 Å². The molecule has 0 aromatic carbocycles. The van der Waals surface area contributed by atoms with Gasteiger partial charge < -0.3 is 15.8 Å². The van der Waals surface area contributed by atoms with Gasteiger partial charge in [-0.25, -0.2) is 0 Å². The molecular formula is C18H35IN4O. The number of hydrogen-bond donors (Lipinski definition) is 2. The molecule has 0 spiro atoms. The van der Waals surface area contributed by atoms with E-state index in [0.717, 1.165) is 39.4 Å². The number of hydrogen-bond acceptors (Lipinski definition) is 3. The normalized spacial score (nSPS) is 26.1. The molecule has 140 valence electrons. The summed E-state index contributed by atoms with van der Waals surface area (Å²) in [5.41, 5.74) is 6.50. The third kappa shape index (κ3) is 6.02. The largest absolute Gasteiger partial charge is 0.379 e. The zero-order valence-corrected chi connectivity index (χ0v) is 17.3. The first kappa shape index (κ1) is 20.2. The lowest BCUT2D eigenvalue weighted by molar-refractivity contribution is 0.00938. The minimum absolute atomic E-state index is 0. The number of halogens is 1. The summed E-state index contributed by atoms with van der Waals surface area (Å²) in [5.74, 6) is 0.670. The van der Waals surface area contributed by atoms with Crippen LogP contribution in [-0.4, -0.2) is 56.3 Å². The molecule has 0 aromatic rings. The van der Waals surface area contributed by atoms with E-state index in [1.165, 1.54) is 57.8 Å². The molecule has 24 heavy (non-hydrogen) atoms. The molecule has 6 heteroatoms. The van der Waals surface area contributed by atoms with Crippen molar-refractivity contribution in [1.29, 1.82) is 0 Å². The quantitative estimate of drug-likeness (QED) is 0.384. The fourth-order valence-corrected chi connectivity index (χ4v) is 4.48. The van der Waals surface area contributed by atoms with Crippen LogP contribution in [0.1, 0.15) is 57.8 Å². The van der Waals surface area contributed by atoms with Gasteiger partial charge >= 0.3 is 0 Å². The Balaban J connectivity index is 0.00000208. The molecule has 5 nitrogen and oxygen atoms in total. The molecule has 0 aromatic heterocycles. The summed E-state index contributed by atoms with van der Waals surface area (Å²) in [4.78, 5) is 7.35. The van der Waals surface area contributed by atoms with Crippen molar-refractivity contribution in [3.8, 4) is 0 Å². The molecule has 3 rings (SSSR count). The van der Waals surface area contributed by atoms with E-state index in [4.69, 9.17) is 15.5 Å². The SMILES string of the molecule is I.NC(=NCC1(CN2CCOCC2)CCCCC1)NC1CCCC1. The Hall–Kier alpha value is -0.0800. The highest BCUT2D eigenvalue weighted by Gasteiger charge is 2.34. The molecule has 3 N–H and O–H groups in total.